The SMILES string of the molecule is CCC(=O)c1cnc2ccc(-c3cc(Cl)c(O)c(Cl)c3)cc2c1Nc1ccc(N2CCCC(N)C2)nc1.Cl.Cl.Cl. The smallest absolute Gasteiger partial charge is 0.166 e. The first-order chi connectivity index (χ1) is 17.8. The molecule has 214 valence electrons. The maximum atomic E-state index is 12.9. The number of hydrogen-bond acceptors (Lipinski definition) is 7. The van der Waals surface area contributed by atoms with Crippen molar-refractivity contribution < 1.29 is 9.90 Å². The van der Waals surface area contributed by atoms with E-state index in [0.717, 1.165) is 59.5 Å². The Morgan fingerprint density at radius 2 is 1.77 bits per heavy atom. The molecule has 2 aromatic carbocycles. The van der Waals surface area contributed by atoms with E-state index in [9.17, 15) is 9.90 Å². The summed E-state index contributed by atoms with van der Waals surface area (Å²) in [6, 6.07) is 13.1. The first-order valence-electron chi connectivity index (χ1n) is 12.2. The molecule has 1 aliphatic heterocycles. The number of rotatable bonds is 6. The van der Waals surface area contributed by atoms with Crippen molar-refractivity contribution >= 4 is 94.3 Å². The minimum absolute atomic E-state index is 0. The van der Waals surface area contributed by atoms with Gasteiger partial charge in [0, 0.05) is 37.1 Å². The monoisotopic (exact) mass is 643 g/mol. The summed E-state index contributed by atoms with van der Waals surface area (Å²) >= 11 is 12.3. The molecule has 4 aromatic rings. The highest BCUT2D eigenvalue weighted by molar-refractivity contribution is 6.37. The number of ketones is 1. The Morgan fingerprint density at radius 1 is 1.05 bits per heavy atom. The Bertz CT molecular complexity index is 1460. The van der Waals surface area contributed by atoms with E-state index in [0.29, 0.717) is 17.7 Å². The van der Waals surface area contributed by atoms with Gasteiger partial charge in [-0.1, -0.05) is 36.2 Å². The van der Waals surface area contributed by atoms with Crippen LogP contribution >= 0.6 is 60.4 Å². The van der Waals surface area contributed by atoms with E-state index in [2.05, 4.69) is 20.2 Å². The van der Waals surface area contributed by atoms with Gasteiger partial charge in [-0.25, -0.2) is 4.98 Å². The number of nitrogens with two attached hydrogens (primary N) is 1. The number of piperidine rings is 1. The van der Waals surface area contributed by atoms with Crippen LogP contribution in [0.25, 0.3) is 22.0 Å². The van der Waals surface area contributed by atoms with E-state index in [1.54, 1.807) is 24.5 Å². The van der Waals surface area contributed by atoms with Crippen molar-refractivity contribution in [2.45, 2.75) is 32.2 Å². The Balaban J connectivity index is 0.00000187. The highest BCUT2D eigenvalue weighted by atomic mass is 35.5. The summed E-state index contributed by atoms with van der Waals surface area (Å²) in [5.41, 5.74) is 10.3. The molecule has 1 saturated heterocycles. The third-order valence-electron chi connectivity index (χ3n) is 6.64. The number of aromatic nitrogens is 2. The fraction of sp³-hybridized carbons (Fsp3) is 0.250. The number of aromatic hydroxyl groups is 1. The molecule has 0 radical (unpaired) electrons. The van der Waals surface area contributed by atoms with Crippen molar-refractivity contribution in [2.24, 2.45) is 5.73 Å². The van der Waals surface area contributed by atoms with Crippen molar-refractivity contribution in [3.8, 4) is 16.9 Å². The number of hydrogen-bond donors (Lipinski definition) is 3. The number of benzene rings is 2. The van der Waals surface area contributed by atoms with Gasteiger partial charge in [0.05, 0.1) is 38.7 Å². The first-order valence-corrected chi connectivity index (χ1v) is 13.0. The summed E-state index contributed by atoms with van der Waals surface area (Å²) in [5.74, 6) is 0.702. The lowest BCUT2D eigenvalue weighted by Gasteiger charge is -2.31. The zero-order chi connectivity index (χ0) is 26.1. The molecule has 3 heterocycles. The molecule has 1 fully saturated rings. The Morgan fingerprint density at radius 3 is 2.40 bits per heavy atom. The minimum atomic E-state index is -0.157. The van der Waals surface area contributed by atoms with Gasteiger partial charge >= 0.3 is 0 Å². The molecule has 0 spiro atoms. The topological polar surface area (TPSA) is 104 Å². The third kappa shape index (κ3) is 7.03. The van der Waals surface area contributed by atoms with Gasteiger partial charge in [0.15, 0.2) is 11.5 Å². The number of carbonyl (C=O) groups is 1. The maximum absolute atomic E-state index is 12.9. The summed E-state index contributed by atoms with van der Waals surface area (Å²) in [5, 5.41) is 14.5. The summed E-state index contributed by atoms with van der Waals surface area (Å²) in [7, 11) is 0. The number of nitrogens with zero attached hydrogens (tertiary/aromatic N) is 3. The minimum Gasteiger partial charge on any atom is -0.505 e. The predicted molar refractivity (Wildman–Crippen MR) is 172 cm³/mol. The normalized spacial score (nSPS) is 14.5. The number of halogens is 5. The zero-order valence-corrected chi connectivity index (χ0v) is 25.5. The molecule has 2 aromatic heterocycles. The number of anilines is 3. The second kappa shape index (κ2) is 14.4. The predicted octanol–water partition coefficient (Wildman–Crippen LogP) is 7.84. The van der Waals surface area contributed by atoms with Crippen molar-refractivity contribution in [3.63, 3.8) is 0 Å². The highest BCUT2D eigenvalue weighted by Gasteiger charge is 2.19. The molecule has 7 nitrogen and oxygen atoms in total. The third-order valence-corrected chi connectivity index (χ3v) is 7.21. The number of Topliss-reactive ketones (excluding diaryl/α,β-unsaturated/α-hetero) is 1. The van der Waals surface area contributed by atoms with E-state index >= 15 is 0 Å². The largest absolute Gasteiger partial charge is 0.505 e. The standard InChI is InChI=1S/C28H27Cl2N5O2.3ClH/c1-2-25(36)21-14-32-24-7-5-16(17-11-22(29)28(37)23(30)12-17)10-20(24)27(21)34-19-6-8-26(33-13-19)35-9-3-4-18(31)15-35;;;/h5-8,10-14,18,37H,2-4,9,15,31H2,1H3,(H,32,34);3*1H. The van der Waals surface area contributed by atoms with Crippen LogP contribution in [0, 0.1) is 0 Å². The number of phenols is 1. The highest BCUT2D eigenvalue weighted by Crippen LogP contribution is 2.38. The van der Waals surface area contributed by atoms with E-state index < -0.39 is 0 Å². The molecule has 1 atom stereocenters. The van der Waals surface area contributed by atoms with E-state index in [4.69, 9.17) is 28.9 Å². The van der Waals surface area contributed by atoms with Crippen LogP contribution in [0.5, 0.6) is 5.75 Å². The van der Waals surface area contributed by atoms with Crippen LogP contribution in [-0.2, 0) is 0 Å². The lowest BCUT2D eigenvalue weighted by atomic mass is 9.99. The van der Waals surface area contributed by atoms with E-state index in [1.807, 2.05) is 37.3 Å². The second-order valence-corrected chi connectivity index (χ2v) is 10.0. The van der Waals surface area contributed by atoms with Gasteiger partial charge in [-0.2, -0.15) is 0 Å². The Labute approximate surface area is 261 Å². The van der Waals surface area contributed by atoms with Gasteiger partial charge in [-0.05, 0) is 60.4 Å². The fourth-order valence-electron chi connectivity index (χ4n) is 4.65. The molecule has 40 heavy (non-hydrogen) atoms. The van der Waals surface area contributed by atoms with Crippen LogP contribution in [0.15, 0.2) is 54.9 Å². The zero-order valence-electron chi connectivity index (χ0n) is 21.6. The van der Waals surface area contributed by atoms with Crippen molar-refractivity contribution in [1.82, 2.24) is 9.97 Å². The van der Waals surface area contributed by atoms with Gasteiger partial charge < -0.3 is 21.1 Å². The number of pyridine rings is 2. The lowest BCUT2D eigenvalue weighted by molar-refractivity contribution is 0.0988. The quantitative estimate of drug-likeness (QED) is 0.184. The average Bonchev–Trinajstić information content (AvgIpc) is 2.91. The molecule has 0 aliphatic carbocycles. The maximum Gasteiger partial charge on any atom is 0.166 e. The molecule has 4 N–H and O–H groups in total. The summed E-state index contributed by atoms with van der Waals surface area (Å²) in [4.78, 5) is 24.3. The molecule has 12 heteroatoms. The summed E-state index contributed by atoms with van der Waals surface area (Å²) < 4.78 is 0. The molecule has 0 bridgehead atoms. The van der Waals surface area contributed by atoms with E-state index in [1.165, 1.54) is 0 Å². The van der Waals surface area contributed by atoms with Gasteiger partial charge in [-0.3, -0.25) is 9.78 Å². The van der Waals surface area contributed by atoms with Crippen LogP contribution in [0.1, 0.15) is 36.5 Å². The fourth-order valence-corrected chi connectivity index (χ4v) is 5.14. The Kier molecular flexibility index (Phi) is 12.1. The van der Waals surface area contributed by atoms with Gasteiger partial charge in [0.1, 0.15) is 5.82 Å². The van der Waals surface area contributed by atoms with Crippen molar-refractivity contribution in [2.75, 3.05) is 23.3 Å². The molecule has 0 saturated carbocycles. The molecule has 0 amide bonds. The van der Waals surface area contributed by atoms with Crippen molar-refractivity contribution in [1.29, 1.82) is 0 Å². The Hall–Kier alpha value is -2.52. The number of nitrogens with one attached hydrogen (secondary N) is 1. The van der Waals surface area contributed by atoms with Crippen LogP contribution < -0.4 is 16.0 Å². The van der Waals surface area contributed by atoms with Gasteiger partial charge in [-0.15, -0.1) is 37.2 Å². The first kappa shape index (κ1) is 33.7. The van der Waals surface area contributed by atoms with Crippen LogP contribution in [-0.4, -0.2) is 40.0 Å². The number of fused-ring (bicyclic) bond motifs is 1. The number of phenolic OH excluding ortho intramolecular Hbond substituents is 1. The molecular weight excluding hydrogens is 616 g/mol. The average molecular weight is 646 g/mol. The molecule has 1 aliphatic rings. The summed E-state index contributed by atoms with van der Waals surface area (Å²) in [6.45, 7) is 3.55. The second-order valence-electron chi connectivity index (χ2n) is 9.22. The molecular formula is C28H30Cl5N5O2. The lowest BCUT2D eigenvalue weighted by Crippen LogP contribution is -2.43. The van der Waals surface area contributed by atoms with Gasteiger partial charge in [0.25, 0.3) is 0 Å². The number of carbonyl (C=O) groups excluding carboxylic acids is 1. The van der Waals surface area contributed by atoms with E-state index in [-0.39, 0.29) is 64.8 Å². The molecule has 5 rings (SSSR count). The summed E-state index contributed by atoms with van der Waals surface area (Å²) in [6.07, 6.45) is 5.81. The van der Waals surface area contributed by atoms with Crippen LogP contribution in [0.2, 0.25) is 10.0 Å². The van der Waals surface area contributed by atoms with Crippen LogP contribution in [0.3, 0.4) is 0 Å². The van der Waals surface area contributed by atoms with Gasteiger partial charge in [0.2, 0.25) is 0 Å². The molecule has 1 unspecified atom stereocenters. The van der Waals surface area contributed by atoms with Crippen LogP contribution in [0.4, 0.5) is 17.2 Å². The van der Waals surface area contributed by atoms with Crippen molar-refractivity contribution in [3.05, 3.63) is 70.5 Å².